The highest BCUT2D eigenvalue weighted by Gasteiger charge is 2.44. The van der Waals surface area contributed by atoms with Gasteiger partial charge in [0.2, 0.25) is 5.91 Å². The van der Waals surface area contributed by atoms with Crippen molar-refractivity contribution in [2.45, 2.75) is 18.8 Å². The highest BCUT2D eigenvalue weighted by molar-refractivity contribution is 5.89. The zero-order chi connectivity index (χ0) is 14.7. The predicted molar refractivity (Wildman–Crippen MR) is 86.3 cm³/mol. The Morgan fingerprint density at radius 2 is 1.95 bits per heavy atom. The molecular formula is C18H22N2O. The van der Waals surface area contributed by atoms with E-state index in [0.29, 0.717) is 5.92 Å². The molecule has 2 aromatic rings. The molecule has 1 saturated carbocycles. The lowest BCUT2D eigenvalue weighted by Crippen LogP contribution is -2.28. The maximum Gasteiger partial charge on any atom is 0.223 e. The van der Waals surface area contributed by atoms with Crippen LogP contribution in [0.3, 0.4) is 0 Å². The number of hydrogen-bond acceptors (Lipinski definition) is 2. The number of hydrogen-bond donors (Lipinski definition) is 2. The smallest absolute Gasteiger partial charge is 0.223 e. The van der Waals surface area contributed by atoms with Crippen molar-refractivity contribution in [1.29, 1.82) is 0 Å². The molecule has 0 spiro atoms. The quantitative estimate of drug-likeness (QED) is 0.800. The van der Waals surface area contributed by atoms with E-state index in [1.54, 1.807) is 0 Å². The summed E-state index contributed by atoms with van der Waals surface area (Å²) in [5.74, 6) is 0.759. The fourth-order valence-electron chi connectivity index (χ4n) is 3.01. The van der Waals surface area contributed by atoms with Crippen molar-refractivity contribution in [3.63, 3.8) is 0 Å². The molecule has 1 amide bonds. The number of rotatable bonds is 6. The van der Waals surface area contributed by atoms with E-state index in [-0.39, 0.29) is 11.8 Å². The van der Waals surface area contributed by atoms with Crippen LogP contribution < -0.4 is 10.6 Å². The summed E-state index contributed by atoms with van der Waals surface area (Å²) in [6.45, 7) is 1.70. The van der Waals surface area contributed by atoms with Crippen molar-refractivity contribution in [3.05, 3.63) is 48.0 Å². The molecular weight excluding hydrogens is 260 g/mol. The Morgan fingerprint density at radius 3 is 2.81 bits per heavy atom. The number of carbonyl (C=O) groups excluding carboxylic acids is 1. The van der Waals surface area contributed by atoms with Crippen molar-refractivity contribution >= 4 is 16.7 Å². The fraction of sp³-hybridized carbons (Fsp3) is 0.389. The summed E-state index contributed by atoms with van der Waals surface area (Å²) < 4.78 is 0. The van der Waals surface area contributed by atoms with Gasteiger partial charge >= 0.3 is 0 Å². The zero-order valence-electron chi connectivity index (χ0n) is 12.4. The van der Waals surface area contributed by atoms with E-state index in [1.165, 1.54) is 16.3 Å². The summed E-state index contributed by atoms with van der Waals surface area (Å²) >= 11 is 0. The molecule has 2 aromatic carbocycles. The van der Waals surface area contributed by atoms with Crippen molar-refractivity contribution in [2.24, 2.45) is 5.92 Å². The monoisotopic (exact) mass is 282 g/mol. The van der Waals surface area contributed by atoms with E-state index in [2.05, 4.69) is 53.1 Å². The Balaban J connectivity index is 1.65. The molecule has 0 radical (unpaired) electrons. The summed E-state index contributed by atoms with van der Waals surface area (Å²) in [5, 5.41) is 8.68. The van der Waals surface area contributed by atoms with E-state index < -0.39 is 0 Å². The van der Waals surface area contributed by atoms with Crippen LogP contribution in [0, 0.1) is 5.92 Å². The average molecular weight is 282 g/mol. The van der Waals surface area contributed by atoms with Gasteiger partial charge in [-0.15, -0.1) is 0 Å². The molecule has 1 aliphatic rings. The summed E-state index contributed by atoms with van der Waals surface area (Å²) in [7, 11) is 1.93. The van der Waals surface area contributed by atoms with Crippen LogP contribution in [0.2, 0.25) is 0 Å². The van der Waals surface area contributed by atoms with Gasteiger partial charge in [0.05, 0.1) is 0 Å². The third-order valence-electron chi connectivity index (χ3n) is 4.25. The molecule has 2 unspecified atom stereocenters. The molecule has 0 bridgehead atoms. The normalized spacial score (nSPS) is 20.4. The van der Waals surface area contributed by atoms with Gasteiger partial charge in [-0.3, -0.25) is 4.79 Å². The van der Waals surface area contributed by atoms with Crippen molar-refractivity contribution in [1.82, 2.24) is 10.6 Å². The average Bonchev–Trinajstić information content (AvgIpc) is 3.31. The second-order valence-corrected chi connectivity index (χ2v) is 5.77. The van der Waals surface area contributed by atoms with Crippen LogP contribution >= 0.6 is 0 Å². The van der Waals surface area contributed by atoms with Gasteiger partial charge in [-0.25, -0.2) is 0 Å². The largest absolute Gasteiger partial charge is 0.356 e. The van der Waals surface area contributed by atoms with E-state index >= 15 is 0 Å². The molecule has 3 heteroatoms. The molecule has 0 aromatic heterocycles. The van der Waals surface area contributed by atoms with Gasteiger partial charge in [0.15, 0.2) is 0 Å². The maximum absolute atomic E-state index is 12.2. The van der Waals surface area contributed by atoms with Crippen molar-refractivity contribution < 1.29 is 4.79 Å². The number of benzene rings is 2. The molecule has 0 saturated heterocycles. The second-order valence-electron chi connectivity index (χ2n) is 5.77. The van der Waals surface area contributed by atoms with Gasteiger partial charge in [-0.1, -0.05) is 42.5 Å². The molecule has 110 valence electrons. The topological polar surface area (TPSA) is 41.1 Å². The molecule has 21 heavy (non-hydrogen) atoms. The Hall–Kier alpha value is -1.87. The summed E-state index contributed by atoms with van der Waals surface area (Å²) in [4.78, 5) is 12.2. The summed E-state index contributed by atoms with van der Waals surface area (Å²) in [5.41, 5.74) is 1.32. The first-order chi connectivity index (χ1) is 10.3. The number of carbonyl (C=O) groups is 1. The number of amides is 1. The Labute approximate surface area is 125 Å². The first-order valence-corrected chi connectivity index (χ1v) is 7.71. The van der Waals surface area contributed by atoms with Gasteiger partial charge in [-0.05, 0) is 48.7 Å². The molecule has 3 nitrogen and oxygen atoms in total. The Morgan fingerprint density at radius 1 is 1.14 bits per heavy atom. The van der Waals surface area contributed by atoms with Gasteiger partial charge in [0.25, 0.3) is 0 Å². The van der Waals surface area contributed by atoms with Crippen molar-refractivity contribution in [3.8, 4) is 0 Å². The molecule has 0 aliphatic heterocycles. The third kappa shape index (κ3) is 3.08. The third-order valence-corrected chi connectivity index (χ3v) is 4.25. The van der Waals surface area contributed by atoms with E-state index in [9.17, 15) is 4.79 Å². The minimum Gasteiger partial charge on any atom is -0.356 e. The molecule has 2 atom stereocenters. The van der Waals surface area contributed by atoms with Crippen LogP contribution in [-0.2, 0) is 4.79 Å². The first-order valence-electron chi connectivity index (χ1n) is 7.71. The lowest BCUT2D eigenvalue weighted by molar-refractivity contribution is -0.122. The second kappa shape index (κ2) is 6.27. The molecule has 1 aliphatic carbocycles. The lowest BCUT2D eigenvalue weighted by atomic mass is 10.00. The minimum absolute atomic E-state index is 0.158. The van der Waals surface area contributed by atoms with Gasteiger partial charge in [-0.2, -0.15) is 0 Å². The summed E-state index contributed by atoms with van der Waals surface area (Å²) in [6.07, 6.45) is 1.96. The first kappa shape index (κ1) is 14.1. The lowest BCUT2D eigenvalue weighted by Gasteiger charge is -2.07. The van der Waals surface area contributed by atoms with Crippen LogP contribution in [0.5, 0.6) is 0 Å². The van der Waals surface area contributed by atoms with E-state index in [0.717, 1.165) is 25.9 Å². The van der Waals surface area contributed by atoms with E-state index in [4.69, 9.17) is 0 Å². The van der Waals surface area contributed by atoms with Gasteiger partial charge in [0.1, 0.15) is 0 Å². The highest BCUT2D eigenvalue weighted by Crippen LogP contribution is 2.49. The summed E-state index contributed by atoms with van der Waals surface area (Å²) in [6, 6.07) is 14.8. The van der Waals surface area contributed by atoms with Crippen LogP contribution in [0.25, 0.3) is 10.8 Å². The number of nitrogens with one attached hydrogen (secondary N) is 2. The van der Waals surface area contributed by atoms with Gasteiger partial charge < -0.3 is 10.6 Å². The minimum atomic E-state index is 0.158. The highest BCUT2D eigenvalue weighted by atomic mass is 16.2. The van der Waals surface area contributed by atoms with Gasteiger partial charge in [0, 0.05) is 12.5 Å². The molecule has 3 rings (SSSR count). The predicted octanol–water partition coefficient (Wildman–Crippen LogP) is 2.67. The molecule has 1 fully saturated rings. The SMILES string of the molecule is CNCCCNC(=O)C1CC1c1cccc2ccccc12. The standard InChI is InChI=1S/C18H22N2O/c1-19-10-5-11-20-18(21)17-12-16(17)15-9-4-7-13-6-2-3-8-14(13)15/h2-4,6-9,16-17,19H,5,10-12H2,1H3,(H,20,21). The van der Waals surface area contributed by atoms with Crippen molar-refractivity contribution in [2.75, 3.05) is 20.1 Å². The van der Waals surface area contributed by atoms with E-state index in [1.807, 2.05) is 7.05 Å². The Kier molecular flexibility index (Phi) is 4.20. The van der Waals surface area contributed by atoms with Crippen LogP contribution in [0.4, 0.5) is 0 Å². The fourth-order valence-corrected chi connectivity index (χ4v) is 3.01. The maximum atomic E-state index is 12.2. The van der Waals surface area contributed by atoms with Crippen LogP contribution in [0.15, 0.2) is 42.5 Å². The molecule has 0 heterocycles. The zero-order valence-corrected chi connectivity index (χ0v) is 12.4. The molecule has 2 N–H and O–H groups in total. The van der Waals surface area contributed by atoms with Crippen LogP contribution in [0.1, 0.15) is 24.3 Å². The van der Waals surface area contributed by atoms with Crippen LogP contribution in [-0.4, -0.2) is 26.0 Å². The Bertz CT molecular complexity index is 633. The number of fused-ring (bicyclic) bond motifs is 1.